The van der Waals surface area contributed by atoms with Crippen LogP contribution in [0, 0.1) is 0 Å². The van der Waals surface area contributed by atoms with Crippen LogP contribution >= 0.6 is 27.3 Å². The van der Waals surface area contributed by atoms with Crippen LogP contribution in [0.25, 0.3) is 0 Å². The van der Waals surface area contributed by atoms with Gasteiger partial charge in [-0.15, -0.1) is 11.3 Å². The van der Waals surface area contributed by atoms with Crippen molar-refractivity contribution in [1.29, 1.82) is 0 Å². The first-order valence-corrected chi connectivity index (χ1v) is 5.40. The largest absolute Gasteiger partial charge is 0.465 e. The van der Waals surface area contributed by atoms with Gasteiger partial charge in [0.15, 0.2) is 5.78 Å². The third-order valence-electron chi connectivity index (χ3n) is 1.39. The summed E-state index contributed by atoms with van der Waals surface area (Å²) in [4.78, 5) is 23.2. The summed E-state index contributed by atoms with van der Waals surface area (Å²) in [5.41, 5.74) is 0. The Morgan fingerprint density at radius 3 is 2.62 bits per heavy atom. The summed E-state index contributed by atoms with van der Waals surface area (Å²) in [6.45, 7) is 0. The second-order valence-electron chi connectivity index (χ2n) is 2.21. The van der Waals surface area contributed by atoms with Crippen LogP contribution in [0.15, 0.2) is 12.1 Å². The molecule has 1 heterocycles. The van der Waals surface area contributed by atoms with Gasteiger partial charge in [-0.25, -0.2) is 4.79 Å². The van der Waals surface area contributed by atoms with Crippen molar-refractivity contribution < 1.29 is 14.3 Å². The Bertz CT molecular complexity index is 301. The summed E-state index contributed by atoms with van der Waals surface area (Å²) in [5.74, 6) is -0.432. The fraction of sp³-hybridized carbons (Fsp3) is 0.250. The van der Waals surface area contributed by atoms with Crippen molar-refractivity contribution in [3.05, 3.63) is 21.9 Å². The Hall–Kier alpha value is -0.680. The maximum atomic E-state index is 11.1. The first kappa shape index (κ1) is 10.4. The number of methoxy groups -OCH3 is 1. The second-order valence-corrected chi connectivity index (χ2v) is 3.86. The number of halogens is 1. The zero-order valence-electron chi connectivity index (χ0n) is 6.87. The maximum absolute atomic E-state index is 11.1. The average Bonchev–Trinajstić information content (AvgIpc) is 2.64. The minimum atomic E-state index is -0.404. The molecule has 3 nitrogen and oxygen atoms in total. The molecular weight excluding hydrogens is 256 g/mol. The number of carbonyl (C=O) groups excluding carboxylic acids is 2. The predicted octanol–water partition coefficient (Wildman–Crippen LogP) is 2.11. The molecule has 0 spiro atoms. The monoisotopic (exact) mass is 262 g/mol. The van der Waals surface area contributed by atoms with Crippen LogP contribution in [0.4, 0.5) is 0 Å². The molecule has 1 aromatic heterocycles. The van der Waals surface area contributed by atoms with Gasteiger partial charge >= 0.3 is 5.97 Å². The Kier molecular flexibility index (Phi) is 3.62. The van der Waals surface area contributed by atoms with Gasteiger partial charge in [-0.05, 0) is 12.1 Å². The number of rotatable bonds is 3. The van der Waals surface area contributed by atoms with Crippen molar-refractivity contribution in [1.82, 2.24) is 0 Å². The topological polar surface area (TPSA) is 43.4 Å². The third kappa shape index (κ3) is 2.38. The van der Waals surface area contributed by atoms with E-state index in [9.17, 15) is 9.59 Å². The molecule has 0 aliphatic rings. The molecule has 0 unspecified atom stereocenters. The number of carbonyl (C=O) groups is 2. The summed E-state index contributed by atoms with van der Waals surface area (Å²) in [6, 6.07) is 3.22. The van der Waals surface area contributed by atoms with Crippen LogP contribution in [-0.4, -0.2) is 24.2 Å². The molecule has 5 heteroatoms. The van der Waals surface area contributed by atoms with Crippen molar-refractivity contribution in [3.8, 4) is 0 Å². The Morgan fingerprint density at radius 1 is 1.46 bits per heavy atom. The molecule has 0 amide bonds. The lowest BCUT2D eigenvalue weighted by Crippen LogP contribution is -1.97. The van der Waals surface area contributed by atoms with Crippen molar-refractivity contribution in [3.63, 3.8) is 0 Å². The predicted molar refractivity (Wildman–Crippen MR) is 53.8 cm³/mol. The third-order valence-corrected chi connectivity index (χ3v) is 3.00. The van der Waals surface area contributed by atoms with Crippen LogP contribution < -0.4 is 0 Å². The van der Waals surface area contributed by atoms with Gasteiger partial charge in [0.25, 0.3) is 0 Å². The SMILES string of the molecule is COC(=O)c1ccc(C(=O)CBr)s1. The number of ketones is 1. The molecule has 0 aromatic carbocycles. The van der Waals surface area contributed by atoms with Crippen molar-refractivity contribution in [2.24, 2.45) is 0 Å². The lowest BCUT2D eigenvalue weighted by molar-refractivity contribution is 0.0606. The number of esters is 1. The fourth-order valence-electron chi connectivity index (χ4n) is 0.764. The van der Waals surface area contributed by atoms with Gasteiger partial charge in [0.2, 0.25) is 0 Å². The zero-order valence-corrected chi connectivity index (χ0v) is 9.28. The quantitative estimate of drug-likeness (QED) is 0.476. The van der Waals surface area contributed by atoms with E-state index in [2.05, 4.69) is 20.7 Å². The fourth-order valence-corrected chi connectivity index (χ4v) is 2.11. The molecule has 0 fully saturated rings. The molecule has 0 bridgehead atoms. The number of alkyl halides is 1. The van der Waals surface area contributed by atoms with E-state index >= 15 is 0 Å². The number of thiophene rings is 1. The molecule has 1 aromatic rings. The molecule has 0 atom stereocenters. The highest BCUT2D eigenvalue weighted by molar-refractivity contribution is 9.09. The van der Waals surface area contributed by atoms with E-state index in [4.69, 9.17) is 0 Å². The van der Waals surface area contributed by atoms with E-state index in [1.54, 1.807) is 12.1 Å². The van der Waals surface area contributed by atoms with Gasteiger partial charge < -0.3 is 4.74 Å². The molecular formula is C8H7BrO3S. The van der Waals surface area contributed by atoms with Gasteiger partial charge in [0.05, 0.1) is 17.3 Å². The van der Waals surface area contributed by atoms with Gasteiger partial charge in [-0.3, -0.25) is 4.79 Å². The van der Waals surface area contributed by atoms with Crippen LogP contribution in [0.2, 0.25) is 0 Å². The number of hydrogen-bond donors (Lipinski definition) is 0. The zero-order chi connectivity index (χ0) is 9.84. The molecule has 13 heavy (non-hydrogen) atoms. The lowest BCUT2D eigenvalue weighted by Gasteiger charge is -1.92. The van der Waals surface area contributed by atoms with Crippen LogP contribution in [0.5, 0.6) is 0 Å². The highest BCUT2D eigenvalue weighted by Crippen LogP contribution is 2.18. The summed E-state index contributed by atoms with van der Waals surface area (Å²) in [5, 5.41) is 0.272. The smallest absolute Gasteiger partial charge is 0.348 e. The van der Waals surface area contributed by atoms with Crippen LogP contribution in [-0.2, 0) is 4.74 Å². The molecule has 1 rings (SSSR count). The van der Waals surface area contributed by atoms with Crippen molar-refractivity contribution >= 4 is 39.0 Å². The van der Waals surface area contributed by atoms with E-state index in [0.717, 1.165) is 11.3 Å². The number of hydrogen-bond acceptors (Lipinski definition) is 4. The number of ether oxygens (including phenoxy) is 1. The van der Waals surface area contributed by atoms with Gasteiger partial charge in [0, 0.05) is 0 Å². The summed E-state index contributed by atoms with van der Waals surface area (Å²) in [6.07, 6.45) is 0. The first-order valence-electron chi connectivity index (χ1n) is 3.46. The maximum Gasteiger partial charge on any atom is 0.348 e. The summed E-state index contributed by atoms with van der Waals surface area (Å²) >= 11 is 4.20. The highest BCUT2D eigenvalue weighted by atomic mass is 79.9. The Balaban J connectivity index is 2.86. The van der Waals surface area contributed by atoms with E-state index in [1.807, 2.05) is 0 Å². The van der Waals surface area contributed by atoms with Crippen LogP contribution in [0.3, 0.4) is 0 Å². The molecule has 70 valence electrons. The Labute approximate surface area is 87.8 Å². The van der Waals surface area contributed by atoms with E-state index in [1.165, 1.54) is 7.11 Å². The molecule has 0 saturated heterocycles. The number of Topliss-reactive ketones (excluding diaryl/α,β-unsaturated/α-hetero) is 1. The molecule has 0 N–H and O–H groups in total. The van der Waals surface area contributed by atoms with Gasteiger partial charge in [-0.1, -0.05) is 15.9 Å². The molecule has 0 aliphatic heterocycles. The first-order chi connectivity index (χ1) is 6.19. The molecule has 0 aliphatic carbocycles. The van der Waals surface area contributed by atoms with E-state index in [-0.39, 0.29) is 11.1 Å². The van der Waals surface area contributed by atoms with Crippen molar-refractivity contribution in [2.45, 2.75) is 0 Å². The van der Waals surface area contributed by atoms with E-state index in [0.29, 0.717) is 9.75 Å². The van der Waals surface area contributed by atoms with Gasteiger partial charge in [-0.2, -0.15) is 0 Å². The highest BCUT2D eigenvalue weighted by Gasteiger charge is 2.12. The minimum absolute atomic E-state index is 0.0276. The van der Waals surface area contributed by atoms with Gasteiger partial charge in [0.1, 0.15) is 4.88 Å². The van der Waals surface area contributed by atoms with Crippen molar-refractivity contribution in [2.75, 3.05) is 12.4 Å². The summed E-state index contributed by atoms with van der Waals surface area (Å²) in [7, 11) is 1.31. The lowest BCUT2D eigenvalue weighted by atomic mass is 10.3. The standard InChI is InChI=1S/C8H7BrO3S/c1-12-8(11)7-3-2-6(13-7)5(10)4-9/h2-3H,4H2,1H3. The molecule has 0 radical (unpaired) electrons. The summed E-state index contributed by atoms with van der Waals surface area (Å²) < 4.78 is 4.51. The van der Waals surface area contributed by atoms with Crippen LogP contribution in [0.1, 0.15) is 19.3 Å². The second kappa shape index (κ2) is 4.53. The van der Waals surface area contributed by atoms with E-state index < -0.39 is 5.97 Å². The molecule has 0 saturated carbocycles. The normalized spacial score (nSPS) is 9.69. The minimum Gasteiger partial charge on any atom is -0.465 e. The Morgan fingerprint density at radius 2 is 2.08 bits per heavy atom. The average molecular weight is 263 g/mol.